The molecule has 0 radical (unpaired) electrons. The van der Waals surface area contributed by atoms with Gasteiger partial charge in [-0.05, 0) is 24.6 Å². The van der Waals surface area contributed by atoms with Crippen LogP contribution in [0, 0.1) is 6.92 Å². The number of rotatable bonds is 2. The van der Waals surface area contributed by atoms with Gasteiger partial charge in [-0.15, -0.1) is 11.3 Å². The van der Waals surface area contributed by atoms with E-state index in [0.717, 1.165) is 10.0 Å². The first kappa shape index (κ1) is 11.3. The molecule has 2 rings (SSSR count). The number of carbonyl (C=O) groups excluding carboxylic acids is 1. The Morgan fingerprint density at radius 1 is 1.50 bits per heavy atom. The average molecular weight is 297 g/mol. The smallest absolute Gasteiger partial charge is 0.257 e. The molecule has 0 saturated carbocycles. The van der Waals surface area contributed by atoms with E-state index in [-0.39, 0.29) is 5.91 Å². The van der Waals surface area contributed by atoms with Gasteiger partial charge < -0.3 is 0 Å². The lowest BCUT2D eigenvalue weighted by Crippen LogP contribution is -2.11. The minimum absolute atomic E-state index is 0.143. The Morgan fingerprint density at radius 3 is 2.94 bits per heavy atom. The molecule has 1 heterocycles. The van der Waals surface area contributed by atoms with Gasteiger partial charge in [0.1, 0.15) is 0 Å². The standard InChI is InChI=1S/C11H9BrN2OS/c1-7-2-3-8(6-9(7)12)10(15)14-11-13-4-5-16-11/h2-6H,1H3,(H,13,14,15). The molecule has 0 aliphatic carbocycles. The predicted molar refractivity (Wildman–Crippen MR) is 68.9 cm³/mol. The Labute approximate surface area is 106 Å². The Kier molecular flexibility index (Phi) is 3.36. The highest BCUT2D eigenvalue weighted by Crippen LogP contribution is 2.19. The van der Waals surface area contributed by atoms with Crippen LogP contribution in [0.4, 0.5) is 5.13 Å². The second-order valence-electron chi connectivity index (χ2n) is 3.26. The van der Waals surface area contributed by atoms with Gasteiger partial charge in [-0.25, -0.2) is 4.98 Å². The van der Waals surface area contributed by atoms with E-state index in [1.807, 2.05) is 18.4 Å². The Balaban J connectivity index is 2.18. The molecule has 5 heteroatoms. The van der Waals surface area contributed by atoms with E-state index in [2.05, 4.69) is 26.2 Å². The summed E-state index contributed by atoms with van der Waals surface area (Å²) in [6.07, 6.45) is 1.66. The summed E-state index contributed by atoms with van der Waals surface area (Å²) in [6, 6.07) is 5.50. The molecule has 1 N–H and O–H groups in total. The number of carbonyl (C=O) groups is 1. The van der Waals surface area contributed by atoms with Gasteiger partial charge in [-0.1, -0.05) is 22.0 Å². The summed E-state index contributed by atoms with van der Waals surface area (Å²) in [6.45, 7) is 1.98. The van der Waals surface area contributed by atoms with Crippen LogP contribution in [-0.2, 0) is 0 Å². The minimum atomic E-state index is -0.143. The second-order valence-corrected chi connectivity index (χ2v) is 5.00. The Bertz CT molecular complexity index is 511. The second kappa shape index (κ2) is 4.76. The number of anilines is 1. The summed E-state index contributed by atoms with van der Waals surface area (Å²) in [5.41, 5.74) is 1.72. The van der Waals surface area contributed by atoms with Gasteiger partial charge in [-0.2, -0.15) is 0 Å². The molecular weight excluding hydrogens is 288 g/mol. The number of aromatic nitrogens is 1. The highest BCUT2D eigenvalue weighted by molar-refractivity contribution is 9.10. The molecule has 2 aromatic rings. The van der Waals surface area contributed by atoms with E-state index < -0.39 is 0 Å². The van der Waals surface area contributed by atoms with Crippen LogP contribution >= 0.6 is 27.3 Å². The number of amides is 1. The fraction of sp³-hybridized carbons (Fsp3) is 0.0909. The average Bonchev–Trinajstić information content (AvgIpc) is 2.74. The zero-order valence-electron chi connectivity index (χ0n) is 8.53. The molecule has 0 atom stereocenters. The number of aryl methyl sites for hydroxylation is 1. The van der Waals surface area contributed by atoms with Gasteiger partial charge in [0.2, 0.25) is 0 Å². The number of benzene rings is 1. The largest absolute Gasteiger partial charge is 0.298 e. The number of nitrogens with zero attached hydrogens (tertiary/aromatic N) is 1. The van der Waals surface area contributed by atoms with Crippen LogP contribution in [0.2, 0.25) is 0 Å². The Morgan fingerprint density at radius 2 is 2.31 bits per heavy atom. The van der Waals surface area contributed by atoms with Crippen molar-refractivity contribution in [3.05, 3.63) is 45.4 Å². The first-order chi connectivity index (χ1) is 7.66. The van der Waals surface area contributed by atoms with E-state index in [4.69, 9.17) is 0 Å². The van der Waals surface area contributed by atoms with Crippen molar-refractivity contribution in [2.45, 2.75) is 6.92 Å². The van der Waals surface area contributed by atoms with Gasteiger partial charge in [0.25, 0.3) is 5.91 Å². The summed E-state index contributed by atoms with van der Waals surface area (Å²) in [5.74, 6) is -0.143. The van der Waals surface area contributed by atoms with Crippen LogP contribution < -0.4 is 5.32 Å². The van der Waals surface area contributed by atoms with Gasteiger partial charge in [0, 0.05) is 21.6 Å². The maximum atomic E-state index is 11.8. The van der Waals surface area contributed by atoms with Crippen molar-refractivity contribution >= 4 is 38.3 Å². The quantitative estimate of drug-likeness (QED) is 0.922. The molecule has 16 heavy (non-hydrogen) atoms. The minimum Gasteiger partial charge on any atom is -0.298 e. The van der Waals surface area contributed by atoms with Crippen molar-refractivity contribution < 1.29 is 4.79 Å². The van der Waals surface area contributed by atoms with Gasteiger partial charge in [-0.3, -0.25) is 10.1 Å². The predicted octanol–water partition coefficient (Wildman–Crippen LogP) is 3.47. The van der Waals surface area contributed by atoms with Crippen LogP contribution in [0.25, 0.3) is 0 Å². The van der Waals surface area contributed by atoms with Crippen LogP contribution in [0.3, 0.4) is 0 Å². The molecule has 3 nitrogen and oxygen atoms in total. The van der Waals surface area contributed by atoms with E-state index in [1.165, 1.54) is 11.3 Å². The summed E-state index contributed by atoms with van der Waals surface area (Å²) < 4.78 is 0.930. The van der Waals surface area contributed by atoms with Crippen LogP contribution in [-0.4, -0.2) is 10.9 Å². The van der Waals surface area contributed by atoms with E-state index in [1.54, 1.807) is 18.3 Å². The van der Waals surface area contributed by atoms with Crippen molar-refractivity contribution in [2.24, 2.45) is 0 Å². The van der Waals surface area contributed by atoms with Crippen molar-refractivity contribution in [1.29, 1.82) is 0 Å². The molecule has 1 aromatic heterocycles. The maximum Gasteiger partial charge on any atom is 0.257 e. The molecular formula is C11H9BrN2OS. The molecule has 0 aliphatic rings. The molecule has 0 spiro atoms. The van der Waals surface area contributed by atoms with Crippen molar-refractivity contribution in [3.63, 3.8) is 0 Å². The molecule has 0 unspecified atom stereocenters. The maximum absolute atomic E-state index is 11.8. The van der Waals surface area contributed by atoms with Crippen LogP contribution in [0.1, 0.15) is 15.9 Å². The molecule has 82 valence electrons. The molecule has 0 bridgehead atoms. The summed E-state index contributed by atoms with van der Waals surface area (Å²) in [4.78, 5) is 15.8. The number of hydrogen-bond acceptors (Lipinski definition) is 3. The third-order valence-electron chi connectivity index (χ3n) is 2.09. The fourth-order valence-electron chi connectivity index (χ4n) is 1.19. The number of halogens is 1. The molecule has 1 aromatic carbocycles. The number of thiazole rings is 1. The van der Waals surface area contributed by atoms with Gasteiger partial charge in [0.15, 0.2) is 5.13 Å². The van der Waals surface area contributed by atoms with Crippen molar-refractivity contribution in [3.8, 4) is 0 Å². The van der Waals surface area contributed by atoms with Crippen molar-refractivity contribution in [1.82, 2.24) is 4.98 Å². The number of hydrogen-bond donors (Lipinski definition) is 1. The normalized spacial score (nSPS) is 10.1. The fourth-order valence-corrected chi connectivity index (χ4v) is 2.09. The highest BCUT2D eigenvalue weighted by atomic mass is 79.9. The SMILES string of the molecule is Cc1ccc(C(=O)Nc2nccs2)cc1Br. The monoisotopic (exact) mass is 296 g/mol. The summed E-state index contributed by atoms with van der Waals surface area (Å²) in [5, 5.41) is 5.17. The van der Waals surface area contributed by atoms with Crippen LogP contribution in [0.15, 0.2) is 34.2 Å². The highest BCUT2D eigenvalue weighted by Gasteiger charge is 2.08. The van der Waals surface area contributed by atoms with Crippen molar-refractivity contribution in [2.75, 3.05) is 5.32 Å². The van der Waals surface area contributed by atoms with E-state index in [0.29, 0.717) is 10.7 Å². The third-order valence-corrected chi connectivity index (χ3v) is 3.63. The Hall–Kier alpha value is -1.20. The topological polar surface area (TPSA) is 42.0 Å². The zero-order valence-corrected chi connectivity index (χ0v) is 10.9. The number of nitrogens with one attached hydrogen (secondary N) is 1. The third kappa shape index (κ3) is 2.48. The van der Waals surface area contributed by atoms with Gasteiger partial charge in [0.05, 0.1) is 0 Å². The lowest BCUT2D eigenvalue weighted by molar-refractivity contribution is 0.102. The van der Waals surface area contributed by atoms with E-state index in [9.17, 15) is 4.79 Å². The lowest BCUT2D eigenvalue weighted by Gasteiger charge is -2.03. The molecule has 0 aliphatic heterocycles. The molecule has 0 saturated heterocycles. The van der Waals surface area contributed by atoms with Crippen LogP contribution in [0.5, 0.6) is 0 Å². The molecule has 0 fully saturated rings. The summed E-state index contributed by atoms with van der Waals surface area (Å²) >= 11 is 4.80. The lowest BCUT2D eigenvalue weighted by atomic mass is 10.1. The van der Waals surface area contributed by atoms with E-state index >= 15 is 0 Å². The first-order valence-electron chi connectivity index (χ1n) is 4.64. The van der Waals surface area contributed by atoms with Gasteiger partial charge >= 0.3 is 0 Å². The molecule has 1 amide bonds. The zero-order chi connectivity index (χ0) is 11.5. The summed E-state index contributed by atoms with van der Waals surface area (Å²) in [7, 11) is 0. The first-order valence-corrected chi connectivity index (χ1v) is 6.31.